The molecule has 0 aliphatic heterocycles. The first-order chi connectivity index (χ1) is 28.0. The van der Waals surface area contributed by atoms with Gasteiger partial charge in [0.2, 0.25) is 17.7 Å². The number of nitrogens with one attached hydrogen (secondary N) is 2. The number of aliphatic carboxylic acids is 1. The van der Waals surface area contributed by atoms with E-state index in [9.17, 15) is 33.6 Å². The van der Waals surface area contributed by atoms with Crippen LogP contribution in [0.2, 0.25) is 0 Å². The molecule has 0 aromatic carbocycles. The van der Waals surface area contributed by atoms with Gasteiger partial charge in [-0.3, -0.25) is 33.6 Å². The maximum Gasteiger partial charge on any atom is 0.303 e. The Labute approximate surface area is 347 Å². The largest absolute Gasteiger partial charge is 0.481 e. The fourth-order valence-corrected chi connectivity index (χ4v) is 6.07. The highest BCUT2D eigenvalue weighted by molar-refractivity contribution is 5.86. The molecule has 5 N–H and O–H groups in total. The highest BCUT2D eigenvalue weighted by Crippen LogP contribution is 2.16. The quantitative estimate of drug-likeness (QED) is 0.0554. The normalized spacial score (nSPS) is 11.6. The van der Waals surface area contributed by atoms with Gasteiger partial charge in [0, 0.05) is 70.6 Å². The first-order valence-corrected chi connectivity index (χ1v) is 22.0. The van der Waals surface area contributed by atoms with Gasteiger partial charge in [0.1, 0.15) is 24.8 Å². The number of amides is 3. The van der Waals surface area contributed by atoms with E-state index in [2.05, 4.69) is 10.6 Å². The lowest BCUT2D eigenvalue weighted by Gasteiger charge is -2.13. The molecule has 0 saturated carbocycles. The first-order valence-electron chi connectivity index (χ1n) is 22.0. The number of carbonyl (C=O) groups is 7. The number of rotatable bonds is 45. The molecule has 0 bridgehead atoms. The lowest BCUT2D eigenvalue weighted by molar-refractivity contribution is -0.137. The summed E-state index contributed by atoms with van der Waals surface area (Å²) in [5, 5.41) is 14.1. The average Bonchev–Trinajstić information content (AvgIpc) is 3.19. The van der Waals surface area contributed by atoms with Gasteiger partial charge in [0.05, 0.1) is 33.0 Å². The molecule has 0 radical (unpaired) electrons. The van der Waals surface area contributed by atoms with Crippen LogP contribution in [-0.2, 0) is 52.5 Å². The van der Waals surface area contributed by atoms with Crippen molar-refractivity contribution in [3.8, 4) is 0 Å². The zero-order chi connectivity index (χ0) is 42.9. The standard InChI is InChI=1S/C43H77N3O12/c1-2-37(47)20-17-25-45-41(51)35-58-32-29-55-27-18-21-39(49)34-57-31-30-56-28-26-46-40(50)24-23-36(43(44)54)33-38(48)19-15-13-11-9-7-5-3-4-6-8-10-12-14-16-22-42(52)53/h36H,2-35H2,1H3,(H2,44,54)(H,45,51)(H,46,50)(H,52,53). The van der Waals surface area contributed by atoms with Crippen LogP contribution >= 0.6 is 0 Å². The molecule has 0 aliphatic carbocycles. The number of primary amides is 1. The number of carbonyl (C=O) groups excluding carboxylic acids is 6. The molecular weight excluding hydrogens is 750 g/mol. The van der Waals surface area contributed by atoms with Crippen LogP contribution in [0.1, 0.15) is 161 Å². The summed E-state index contributed by atoms with van der Waals surface area (Å²) in [4.78, 5) is 82.1. The molecular formula is C43H77N3O12. The monoisotopic (exact) mass is 828 g/mol. The second-order valence-electron chi connectivity index (χ2n) is 14.9. The molecule has 58 heavy (non-hydrogen) atoms. The first kappa shape index (κ1) is 54.7. The number of carboxylic acids is 1. The molecule has 0 aromatic rings. The van der Waals surface area contributed by atoms with E-state index < -0.39 is 17.8 Å². The SMILES string of the molecule is CCC(=O)CCCNC(=O)COCCOCCCC(=O)COCCOCCNC(=O)CCC(CC(=O)CCCCCCCCCCCCCCCCC(=O)O)C(N)=O. The molecule has 0 spiro atoms. The summed E-state index contributed by atoms with van der Waals surface area (Å²) in [5.74, 6) is -2.29. The minimum atomic E-state index is -0.707. The third-order valence-corrected chi connectivity index (χ3v) is 9.59. The highest BCUT2D eigenvalue weighted by Gasteiger charge is 2.20. The van der Waals surface area contributed by atoms with Crippen LogP contribution in [0.5, 0.6) is 0 Å². The number of nitrogens with two attached hydrogens (primary N) is 1. The van der Waals surface area contributed by atoms with Crippen LogP contribution in [0.4, 0.5) is 0 Å². The summed E-state index contributed by atoms with van der Waals surface area (Å²) >= 11 is 0. The molecule has 0 heterocycles. The predicted molar refractivity (Wildman–Crippen MR) is 221 cm³/mol. The van der Waals surface area contributed by atoms with Crippen LogP contribution in [0.25, 0.3) is 0 Å². The molecule has 0 rings (SSSR count). The van der Waals surface area contributed by atoms with Crippen molar-refractivity contribution in [2.75, 3.05) is 65.9 Å². The third kappa shape index (κ3) is 39.6. The van der Waals surface area contributed by atoms with Gasteiger partial charge in [-0.2, -0.15) is 0 Å². The predicted octanol–water partition coefficient (Wildman–Crippen LogP) is 5.56. The minimum Gasteiger partial charge on any atom is -0.481 e. The van der Waals surface area contributed by atoms with Crippen molar-refractivity contribution in [3.05, 3.63) is 0 Å². The molecule has 1 unspecified atom stereocenters. The minimum absolute atomic E-state index is 0.00454. The lowest BCUT2D eigenvalue weighted by atomic mass is 9.94. The lowest BCUT2D eigenvalue weighted by Crippen LogP contribution is -2.30. The molecule has 1 atom stereocenters. The molecule has 0 fully saturated rings. The van der Waals surface area contributed by atoms with Gasteiger partial charge in [-0.1, -0.05) is 84.0 Å². The molecule has 336 valence electrons. The van der Waals surface area contributed by atoms with Gasteiger partial charge in [-0.05, 0) is 32.1 Å². The van der Waals surface area contributed by atoms with E-state index in [0.717, 1.165) is 44.9 Å². The van der Waals surface area contributed by atoms with Crippen molar-refractivity contribution in [3.63, 3.8) is 0 Å². The molecule has 3 amide bonds. The van der Waals surface area contributed by atoms with Crippen molar-refractivity contribution in [2.24, 2.45) is 11.7 Å². The number of ketones is 3. The van der Waals surface area contributed by atoms with Crippen LogP contribution < -0.4 is 16.4 Å². The van der Waals surface area contributed by atoms with Gasteiger partial charge in [0.15, 0.2) is 5.78 Å². The second-order valence-corrected chi connectivity index (χ2v) is 14.9. The molecule has 0 aromatic heterocycles. The summed E-state index contributed by atoms with van der Waals surface area (Å²) in [6, 6.07) is 0. The molecule has 0 aliphatic rings. The van der Waals surface area contributed by atoms with Gasteiger partial charge >= 0.3 is 5.97 Å². The highest BCUT2D eigenvalue weighted by atomic mass is 16.5. The zero-order valence-electron chi connectivity index (χ0n) is 35.6. The smallest absolute Gasteiger partial charge is 0.303 e. The Balaban J connectivity index is 3.65. The Kier molecular flexibility index (Phi) is 38.2. The number of hydrogen-bond acceptors (Lipinski definition) is 11. The number of carboxylic acid groups (broad SMARTS) is 1. The van der Waals surface area contributed by atoms with E-state index >= 15 is 0 Å². The maximum atomic E-state index is 12.5. The van der Waals surface area contributed by atoms with Crippen LogP contribution in [0.15, 0.2) is 0 Å². The molecule has 15 heteroatoms. The van der Waals surface area contributed by atoms with E-state index in [1.807, 2.05) is 6.92 Å². The number of ether oxygens (including phenoxy) is 4. The van der Waals surface area contributed by atoms with E-state index in [0.29, 0.717) is 58.3 Å². The summed E-state index contributed by atoms with van der Waals surface area (Å²) < 4.78 is 21.5. The Morgan fingerprint density at radius 1 is 0.483 bits per heavy atom. The summed E-state index contributed by atoms with van der Waals surface area (Å²) in [5.41, 5.74) is 5.52. The van der Waals surface area contributed by atoms with Gasteiger partial charge in [-0.15, -0.1) is 0 Å². The van der Waals surface area contributed by atoms with Crippen LogP contribution in [-0.4, -0.2) is 112 Å². The Bertz CT molecular complexity index is 1120. The average molecular weight is 828 g/mol. The fourth-order valence-electron chi connectivity index (χ4n) is 6.07. The Hall–Kier alpha value is -3.27. The van der Waals surface area contributed by atoms with Crippen molar-refractivity contribution in [2.45, 2.75) is 161 Å². The van der Waals surface area contributed by atoms with Crippen LogP contribution in [0, 0.1) is 5.92 Å². The Morgan fingerprint density at radius 3 is 1.53 bits per heavy atom. The maximum absolute atomic E-state index is 12.5. The number of Topliss-reactive ketones (excluding diaryl/α,β-unsaturated/α-hetero) is 3. The van der Waals surface area contributed by atoms with E-state index in [1.54, 1.807) is 0 Å². The van der Waals surface area contributed by atoms with E-state index in [4.69, 9.17) is 29.8 Å². The van der Waals surface area contributed by atoms with E-state index in [1.165, 1.54) is 44.9 Å². The number of hydrogen-bond donors (Lipinski definition) is 4. The van der Waals surface area contributed by atoms with Crippen molar-refractivity contribution in [1.82, 2.24) is 10.6 Å². The molecule has 15 nitrogen and oxygen atoms in total. The van der Waals surface area contributed by atoms with Crippen molar-refractivity contribution in [1.29, 1.82) is 0 Å². The Morgan fingerprint density at radius 2 is 0.966 bits per heavy atom. The number of unbranched alkanes of at least 4 members (excludes halogenated alkanes) is 13. The van der Waals surface area contributed by atoms with Crippen LogP contribution in [0.3, 0.4) is 0 Å². The van der Waals surface area contributed by atoms with Gasteiger partial charge in [-0.25, -0.2) is 0 Å². The van der Waals surface area contributed by atoms with Crippen molar-refractivity contribution >= 4 is 41.0 Å². The second kappa shape index (κ2) is 40.5. The van der Waals surface area contributed by atoms with E-state index in [-0.39, 0.29) is 101 Å². The zero-order valence-corrected chi connectivity index (χ0v) is 35.6. The van der Waals surface area contributed by atoms with Gasteiger partial charge < -0.3 is 40.4 Å². The third-order valence-electron chi connectivity index (χ3n) is 9.59. The topological polar surface area (TPSA) is 227 Å². The molecule has 0 saturated heterocycles. The van der Waals surface area contributed by atoms with Gasteiger partial charge in [0.25, 0.3) is 0 Å². The summed E-state index contributed by atoms with van der Waals surface area (Å²) in [7, 11) is 0. The summed E-state index contributed by atoms with van der Waals surface area (Å²) in [6.45, 7) is 4.13. The fraction of sp³-hybridized carbons (Fsp3) is 0.837. The summed E-state index contributed by atoms with van der Waals surface area (Å²) in [6.07, 6.45) is 19.0. The van der Waals surface area contributed by atoms with Crippen molar-refractivity contribution < 1.29 is 57.6 Å².